The Morgan fingerprint density at radius 2 is 1.95 bits per heavy atom. The summed E-state index contributed by atoms with van der Waals surface area (Å²) in [5.74, 6) is -0.997. The first-order valence-electron chi connectivity index (χ1n) is 6.93. The van der Waals surface area contributed by atoms with Crippen molar-refractivity contribution < 1.29 is 13.6 Å². The van der Waals surface area contributed by atoms with Crippen molar-refractivity contribution in [2.45, 2.75) is 25.8 Å². The smallest absolute Gasteiger partial charge is 0.226 e. The zero-order valence-electron chi connectivity index (χ0n) is 12.2. The SMILES string of the molecule is CC(c1cc(F)ccc1F)N(C)C(=O)C1CCNCC1.Cl. The minimum atomic E-state index is -0.490. The summed E-state index contributed by atoms with van der Waals surface area (Å²) < 4.78 is 27.0. The Morgan fingerprint density at radius 3 is 2.57 bits per heavy atom. The number of carbonyl (C=O) groups is 1. The average molecular weight is 319 g/mol. The Morgan fingerprint density at radius 1 is 1.33 bits per heavy atom. The Hall–Kier alpha value is -1.20. The molecule has 1 heterocycles. The van der Waals surface area contributed by atoms with E-state index in [4.69, 9.17) is 0 Å². The molecule has 0 spiro atoms. The minimum Gasteiger partial charge on any atom is -0.339 e. The van der Waals surface area contributed by atoms with Gasteiger partial charge in [0.25, 0.3) is 0 Å². The van der Waals surface area contributed by atoms with Gasteiger partial charge in [-0.3, -0.25) is 4.79 Å². The van der Waals surface area contributed by atoms with Crippen molar-refractivity contribution in [1.82, 2.24) is 10.2 Å². The number of hydrogen-bond donors (Lipinski definition) is 1. The van der Waals surface area contributed by atoms with Crippen molar-refractivity contribution in [2.24, 2.45) is 5.92 Å². The highest BCUT2D eigenvalue weighted by Crippen LogP contribution is 2.25. The van der Waals surface area contributed by atoms with E-state index in [0.717, 1.165) is 44.1 Å². The molecule has 1 amide bonds. The summed E-state index contributed by atoms with van der Waals surface area (Å²) in [7, 11) is 1.65. The third-order valence-corrected chi connectivity index (χ3v) is 4.03. The van der Waals surface area contributed by atoms with Crippen LogP contribution in [0.3, 0.4) is 0 Å². The minimum absolute atomic E-state index is 0. The van der Waals surface area contributed by atoms with Crippen LogP contribution >= 0.6 is 12.4 Å². The molecule has 1 atom stereocenters. The van der Waals surface area contributed by atoms with E-state index in [-0.39, 0.29) is 29.8 Å². The summed E-state index contributed by atoms with van der Waals surface area (Å²) in [6, 6.07) is 2.87. The summed E-state index contributed by atoms with van der Waals surface area (Å²) in [5, 5.41) is 3.21. The average Bonchev–Trinajstić information content (AvgIpc) is 2.48. The maximum absolute atomic E-state index is 13.8. The predicted molar refractivity (Wildman–Crippen MR) is 80.4 cm³/mol. The molecule has 1 aromatic rings. The van der Waals surface area contributed by atoms with Gasteiger partial charge < -0.3 is 10.2 Å². The number of carbonyl (C=O) groups excluding carboxylic acids is 1. The molecule has 1 aliphatic rings. The number of amides is 1. The summed E-state index contributed by atoms with van der Waals surface area (Å²) >= 11 is 0. The maximum atomic E-state index is 13.8. The molecule has 0 aromatic heterocycles. The molecule has 0 saturated carbocycles. The molecular formula is C15H21ClF2N2O. The molecule has 1 aromatic carbocycles. The maximum Gasteiger partial charge on any atom is 0.226 e. The molecule has 21 heavy (non-hydrogen) atoms. The van der Waals surface area contributed by atoms with E-state index in [2.05, 4.69) is 5.32 Å². The van der Waals surface area contributed by atoms with Crippen LogP contribution in [0.4, 0.5) is 8.78 Å². The highest BCUT2D eigenvalue weighted by Gasteiger charge is 2.28. The van der Waals surface area contributed by atoms with Gasteiger partial charge >= 0.3 is 0 Å². The lowest BCUT2D eigenvalue weighted by atomic mass is 9.95. The molecule has 1 N–H and O–H groups in total. The summed E-state index contributed by atoms with van der Waals surface area (Å²) in [6.45, 7) is 3.37. The van der Waals surface area contributed by atoms with Gasteiger partial charge in [-0.1, -0.05) is 0 Å². The Kier molecular flexibility index (Phi) is 6.55. The molecule has 0 aliphatic carbocycles. The van der Waals surface area contributed by atoms with Crippen LogP contribution in [0.2, 0.25) is 0 Å². The molecule has 0 radical (unpaired) electrons. The first-order valence-corrected chi connectivity index (χ1v) is 6.93. The van der Waals surface area contributed by atoms with Crippen LogP contribution in [-0.2, 0) is 4.79 Å². The fourth-order valence-corrected chi connectivity index (χ4v) is 2.59. The molecule has 1 fully saturated rings. The number of rotatable bonds is 3. The molecule has 0 bridgehead atoms. The van der Waals surface area contributed by atoms with E-state index in [0.29, 0.717) is 0 Å². The quantitative estimate of drug-likeness (QED) is 0.929. The van der Waals surface area contributed by atoms with Crippen molar-refractivity contribution in [1.29, 1.82) is 0 Å². The highest BCUT2D eigenvalue weighted by atomic mass is 35.5. The predicted octanol–water partition coefficient (Wildman–Crippen LogP) is 2.91. The first-order chi connectivity index (χ1) is 9.50. The molecule has 1 unspecified atom stereocenters. The zero-order valence-corrected chi connectivity index (χ0v) is 13.1. The van der Waals surface area contributed by atoms with Crippen molar-refractivity contribution >= 4 is 18.3 Å². The van der Waals surface area contributed by atoms with Gasteiger partial charge in [0, 0.05) is 18.5 Å². The second kappa shape index (κ2) is 7.71. The molecule has 3 nitrogen and oxygen atoms in total. The van der Waals surface area contributed by atoms with Gasteiger partial charge in [-0.15, -0.1) is 12.4 Å². The Balaban J connectivity index is 0.00000220. The second-order valence-corrected chi connectivity index (χ2v) is 5.32. The number of benzene rings is 1. The van der Waals surface area contributed by atoms with Crippen LogP contribution in [0.5, 0.6) is 0 Å². The van der Waals surface area contributed by atoms with Crippen LogP contribution in [0, 0.1) is 17.6 Å². The number of piperidine rings is 1. The normalized spacial score (nSPS) is 17.0. The van der Waals surface area contributed by atoms with Gasteiger partial charge in [0.2, 0.25) is 5.91 Å². The molecule has 118 valence electrons. The third kappa shape index (κ3) is 4.14. The van der Waals surface area contributed by atoms with E-state index >= 15 is 0 Å². The summed E-state index contributed by atoms with van der Waals surface area (Å²) in [4.78, 5) is 13.9. The fourth-order valence-electron chi connectivity index (χ4n) is 2.59. The monoisotopic (exact) mass is 318 g/mol. The summed E-state index contributed by atoms with van der Waals surface area (Å²) in [5.41, 5.74) is 0.217. The lowest BCUT2D eigenvalue weighted by Crippen LogP contribution is -2.40. The third-order valence-electron chi connectivity index (χ3n) is 4.03. The molecule has 6 heteroatoms. The van der Waals surface area contributed by atoms with Gasteiger partial charge in [-0.2, -0.15) is 0 Å². The number of halogens is 3. The van der Waals surface area contributed by atoms with Crippen molar-refractivity contribution in [3.63, 3.8) is 0 Å². The van der Waals surface area contributed by atoms with Gasteiger partial charge in [-0.25, -0.2) is 8.78 Å². The van der Waals surface area contributed by atoms with Gasteiger partial charge in [-0.05, 0) is 51.1 Å². The van der Waals surface area contributed by atoms with Crippen LogP contribution in [0.15, 0.2) is 18.2 Å². The molecule has 2 rings (SSSR count). The van der Waals surface area contributed by atoms with Crippen molar-refractivity contribution in [3.05, 3.63) is 35.4 Å². The Labute approximate surface area is 130 Å². The van der Waals surface area contributed by atoms with Crippen LogP contribution in [-0.4, -0.2) is 30.9 Å². The molecule has 1 aliphatic heterocycles. The lowest BCUT2D eigenvalue weighted by molar-refractivity contribution is -0.137. The number of nitrogens with one attached hydrogen (secondary N) is 1. The fraction of sp³-hybridized carbons (Fsp3) is 0.533. The van der Waals surface area contributed by atoms with Gasteiger partial charge in [0.1, 0.15) is 11.6 Å². The van der Waals surface area contributed by atoms with Crippen LogP contribution in [0.25, 0.3) is 0 Å². The number of nitrogens with zero attached hydrogens (tertiary/aromatic N) is 1. The Bertz CT molecular complexity index is 493. The van der Waals surface area contributed by atoms with E-state index in [1.165, 1.54) is 4.90 Å². The van der Waals surface area contributed by atoms with E-state index in [1.54, 1.807) is 14.0 Å². The van der Waals surface area contributed by atoms with E-state index < -0.39 is 17.7 Å². The first kappa shape index (κ1) is 17.9. The van der Waals surface area contributed by atoms with Gasteiger partial charge in [0.05, 0.1) is 6.04 Å². The zero-order chi connectivity index (χ0) is 14.7. The number of hydrogen-bond acceptors (Lipinski definition) is 2. The van der Waals surface area contributed by atoms with Gasteiger partial charge in [0.15, 0.2) is 0 Å². The van der Waals surface area contributed by atoms with Crippen LogP contribution < -0.4 is 5.32 Å². The van der Waals surface area contributed by atoms with Crippen LogP contribution in [0.1, 0.15) is 31.4 Å². The summed E-state index contributed by atoms with van der Waals surface area (Å²) in [6.07, 6.45) is 1.59. The standard InChI is InChI=1S/C15H20F2N2O.ClH/c1-10(13-9-12(16)3-4-14(13)17)19(2)15(20)11-5-7-18-8-6-11;/h3-4,9-11,18H,5-8H2,1-2H3;1H. The van der Waals surface area contributed by atoms with Crippen molar-refractivity contribution in [3.8, 4) is 0 Å². The van der Waals surface area contributed by atoms with Crippen molar-refractivity contribution in [2.75, 3.05) is 20.1 Å². The highest BCUT2D eigenvalue weighted by molar-refractivity contribution is 5.85. The second-order valence-electron chi connectivity index (χ2n) is 5.32. The molecule has 1 saturated heterocycles. The lowest BCUT2D eigenvalue weighted by Gasteiger charge is -2.31. The topological polar surface area (TPSA) is 32.3 Å². The van der Waals surface area contributed by atoms with E-state index in [9.17, 15) is 13.6 Å². The van der Waals surface area contributed by atoms with E-state index in [1.807, 2.05) is 0 Å². The largest absolute Gasteiger partial charge is 0.339 e. The molecular weight excluding hydrogens is 298 g/mol.